The van der Waals surface area contributed by atoms with Gasteiger partial charge in [0.05, 0.1) is 12.7 Å². The van der Waals surface area contributed by atoms with Crippen LogP contribution in [0.5, 0.6) is 0 Å². The highest BCUT2D eigenvalue weighted by molar-refractivity contribution is 6.67. The van der Waals surface area contributed by atoms with Crippen LogP contribution in [0.2, 0.25) is 0 Å². The molecule has 1 fully saturated rings. The van der Waals surface area contributed by atoms with Crippen molar-refractivity contribution in [3.63, 3.8) is 0 Å². The van der Waals surface area contributed by atoms with Crippen molar-refractivity contribution < 1.29 is 44.6 Å². The van der Waals surface area contributed by atoms with Gasteiger partial charge in [0.25, 0.3) is 0 Å². The molecule has 7 atom stereocenters. The molecule has 0 aromatic rings. The maximum atomic E-state index is 11.9. The lowest BCUT2D eigenvalue weighted by Crippen LogP contribution is -2.69. The molecule has 158 valence electrons. The van der Waals surface area contributed by atoms with Crippen LogP contribution in [-0.2, 0) is 14.3 Å². The Morgan fingerprint density at radius 1 is 1.26 bits per heavy atom. The van der Waals surface area contributed by atoms with Gasteiger partial charge in [0.2, 0.25) is 3.79 Å². The number of halogens is 3. The predicted octanol–water partition coefficient (Wildman–Crippen LogP) is -1.69. The minimum atomic E-state index is -1.89. The third-order valence-electron chi connectivity index (χ3n) is 3.67. The van der Waals surface area contributed by atoms with Gasteiger partial charge < -0.3 is 40.3 Å². The quantitative estimate of drug-likeness (QED) is 0.219. The molecule has 0 radical (unpaired) electrons. The number of alkyl halides is 3. The van der Waals surface area contributed by atoms with Crippen LogP contribution in [0, 0.1) is 0 Å². The lowest BCUT2D eigenvalue weighted by Gasteiger charge is -2.43. The lowest BCUT2D eigenvalue weighted by atomic mass is 9.95. The minimum absolute atomic E-state index is 0.626. The number of alkyl carbamates (subject to hydrolysis) is 1. The van der Waals surface area contributed by atoms with Crippen LogP contribution in [0.25, 0.3) is 0 Å². The number of carboxylic acid groups (broad SMARTS) is 1. The highest BCUT2D eigenvalue weighted by Gasteiger charge is 2.46. The van der Waals surface area contributed by atoms with Gasteiger partial charge in [-0.3, -0.25) is 10.1 Å². The van der Waals surface area contributed by atoms with Crippen molar-refractivity contribution in [1.29, 1.82) is 0 Å². The van der Waals surface area contributed by atoms with Crippen molar-refractivity contribution in [3.8, 4) is 0 Å². The van der Waals surface area contributed by atoms with E-state index in [1.807, 2.05) is 0 Å². The molecular formula is C13H21Cl3N2O9. The van der Waals surface area contributed by atoms with Gasteiger partial charge in [-0.05, 0) is 6.92 Å². The van der Waals surface area contributed by atoms with E-state index in [9.17, 15) is 30.0 Å². The Labute approximate surface area is 169 Å². The molecule has 0 aliphatic carbocycles. The van der Waals surface area contributed by atoms with Crippen molar-refractivity contribution in [2.45, 2.75) is 53.4 Å². The number of aliphatic carboxylic acids is 1. The number of aliphatic hydroxyl groups is 4. The second-order valence-corrected chi connectivity index (χ2v) is 8.36. The van der Waals surface area contributed by atoms with E-state index in [1.165, 1.54) is 6.92 Å². The van der Waals surface area contributed by atoms with Crippen molar-refractivity contribution >= 4 is 46.9 Å². The Kier molecular flexibility index (Phi) is 9.25. The molecule has 0 spiro atoms. The predicted molar refractivity (Wildman–Crippen MR) is 92.6 cm³/mol. The van der Waals surface area contributed by atoms with Crippen molar-refractivity contribution in [2.24, 2.45) is 0 Å². The number of aliphatic hydroxyl groups excluding tert-OH is 4. The highest BCUT2D eigenvalue weighted by Crippen LogP contribution is 2.26. The van der Waals surface area contributed by atoms with E-state index in [0.717, 1.165) is 0 Å². The number of amides is 1. The first kappa shape index (κ1) is 24.4. The van der Waals surface area contributed by atoms with Crippen LogP contribution in [0.3, 0.4) is 0 Å². The Morgan fingerprint density at radius 3 is 2.30 bits per heavy atom. The van der Waals surface area contributed by atoms with E-state index in [2.05, 4.69) is 15.4 Å². The molecule has 1 heterocycles. The molecule has 14 heteroatoms. The van der Waals surface area contributed by atoms with E-state index in [0.29, 0.717) is 0 Å². The number of nitrogens with one attached hydrogen (secondary N) is 2. The summed E-state index contributed by atoms with van der Waals surface area (Å²) in [5, 5.41) is 52.7. The number of ether oxygens (including phenoxy) is 2. The van der Waals surface area contributed by atoms with E-state index >= 15 is 0 Å². The standard InChI is InChI=1S/C13H21Cl3N2O9/c1-4(20)6(11(23)24)17-10-7(9(22)8(21)5(2-19)27-10)18-12(25)26-3-13(14,15)16/h4-10,17,19-22H,2-3H2,1H3,(H,18,25)(H,23,24)/t4-,5-,6+,7-,8+,9-,10+/m1/s1. The first-order valence-corrected chi connectivity index (χ1v) is 8.80. The molecule has 1 aliphatic rings. The molecule has 0 bridgehead atoms. The summed E-state index contributed by atoms with van der Waals surface area (Å²) in [7, 11) is 0. The monoisotopic (exact) mass is 454 g/mol. The molecule has 11 nitrogen and oxygen atoms in total. The average molecular weight is 456 g/mol. The van der Waals surface area contributed by atoms with Crippen LogP contribution in [-0.4, -0.2) is 97.3 Å². The third-order valence-corrected chi connectivity index (χ3v) is 4.00. The number of carbonyl (C=O) groups is 2. The van der Waals surface area contributed by atoms with Gasteiger partial charge >= 0.3 is 12.1 Å². The number of rotatable bonds is 7. The lowest BCUT2D eigenvalue weighted by molar-refractivity contribution is -0.205. The average Bonchev–Trinajstić information content (AvgIpc) is 2.55. The summed E-state index contributed by atoms with van der Waals surface area (Å²) >= 11 is 16.4. The molecule has 1 amide bonds. The van der Waals surface area contributed by atoms with Crippen LogP contribution in [0.1, 0.15) is 6.92 Å². The van der Waals surface area contributed by atoms with Gasteiger partial charge in [0.15, 0.2) is 0 Å². The molecule has 1 saturated heterocycles. The Morgan fingerprint density at radius 2 is 1.85 bits per heavy atom. The Balaban J connectivity index is 2.95. The largest absolute Gasteiger partial charge is 0.480 e. The fourth-order valence-corrected chi connectivity index (χ4v) is 2.50. The van der Waals surface area contributed by atoms with Crippen LogP contribution in [0.4, 0.5) is 4.79 Å². The zero-order chi connectivity index (χ0) is 20.9. The van der Waals surface area contributed by atoms with E-state index in [1.54, 1.807) is 0 Å². The number of hydrogen-bond donors (Lipinski definition) is 7. The molecule has 27 heavy (non-hydrogen) atoms. The second kappa shape index (κ2) is 10.2. The highest BCUT2D eigenvalue weighted by atomic mass is 35.6. The smallest absolute Gasteiger partial charge is 0.407 e. The summed E-state index contributed by atoms with van der Waals surface area (Å²) in [6, 6.07) is -2.97. The molecular weight excluding hydrogens is 435 g/mol. The van der Waals surface area contributed by atoms with Crippen molar-refractivity contribution in [3.05, 3.63) is 0 Å². The first-order chi connectivity index (χ1) is 12.4. The SMILES string of the molecule is C[C@@H](O)[C@H](N[C@H]1O[C@H](CO)[C@H](O)[C@H](O)[C@H]1NC(=O)OCC(Cl)(Cl)Cl)C(=O)O. The first-order valence-electron chi connectivity index (χ1n) is 7.66. The number of hydrogen-bond acceptors (Lipinski definition) is 9. The van der Waals surface area contributed by atoms with Gasteiger partial charge in [0.1, 0.15) is 43.2 Å². The Hall–Kier alpha value is -0.630. The second-order valence-electron chi connectivity index (χ2n) is 5.84. The third kappa shape index (κ3) is 7.37. The van der Waals surface area contributed by atoms with Crippen molar-refractivity contribution in [2.75, 3.05) is 13.2 Å². The van der Waals surface area contributed by atoms with Gasteiger partial charge in [0, 0.05) is 0 Å². The number of carbonyl (C=O) groups excluding carboxylic acids is 1. The normalized spacial score (nSPS) is 31.0. The zero-order valence-electron chi connectivity index (χ0n) is 14.0. The molecule has 0 aromatic carbocycles. The fourth-order valence-electron chi connectivity index (χ4n) is 2.34. The van der Waals surface area contributed by atoms with Crippen LogP contribution in [0.15, 0.2) is 0 Å². The summed E-state index contributed by atoms with van der Waals surface area (Å²) in [4.78, 5) is 23.1. The van der Waals surface area contributed by atoms with Gasteiger partial charge in [-0.25, -0.2) is 4.79 Å². The summed E-state index contributed by atoms with van der Waals surface area (Å²) in [5.41, 5.74) is 0. The van der Waals surface area contributed by atoms with Crippen LogP contribution >= 0.6 is 34.8 Å². The zero-order valence-corrected chi connectivity index (χ0v) is 16.2. The molecule has 7 N–H and O–H groups in total. The summed E-state index contributed by atoms with van der Waals surface area (Å²) in [6.45, 7) is -0.132. The topological polar surface area (TPSA) is 178 Å². The van der Waals surface area contributed by atoms with Gasteiger partial charge in [-0.1, -0.05) is 34.8 Å². The Bertz CT molecular complexity index is 520. The van der Waals surface area contributed by atoms with Gasteiger partial charge in [-0.2, -0.15) is 0 Å². The summed E-state index contributed by atoms with van der Waals surface area (Å²) < 4.78 is 8.08. The summed E-state index contributed by atoms with van der Waals surface area (Å²) in [6.07, 6.45) is -8.52. The minimum Gasteiger partial charge on any atom is -0.480 e. The fraction of sp³-hybridized carbons (Fsp3) is 0.846. The molecule has 1 aliphatic heterocycles. The van der Waals surface area contributed by atoms with Gasteiger partial charge in [-0.15, -0.1) is 0 Å². The molecule has 0 unspecified atom stereocenters. The van der Waals surface area contributed by atoms with E-state index in [-0.39, 0.29) is 0 Å². The van der Waals surface area contributed by atoms with E-state index in [4.69, 9.17) is 44.6 Å². The summed E-state index contributed by atoms with van der Waals surface area (Å²) in [5.74, 6) is -1.44. The molecule has 1 rings (SSSR count). The number of carboxylic acids is 1. The molecule has 0 aromatic heterocycles. The van der Waals surface area contributed by atoms with E-state index < -0.39 is 71.8 Å². The maximum absolute atomic E-state index is 11.9. The molecule has 0 saturated carbocycles. The maximum Gasteiger partial charge on any atom is 0.407 e. The van der Waals surface area contributed by atoms with Crippen molar-refractivity contribution in [1.82, 2.24) is 10.6 Å². The van der Waals surface area contributed by atoms with Crippen LogP contribution < -0.4 is 10.6 Å².